The molecule has 1 aliphatic rings. The summed E-state index contributed by atoms with van der Waals surface area (Å²) < 4.78 is 2.41. The first-order valence-electron chi connectivity index (χ1n) is 12.2. The van der Waals surface area contributed by atoms with Gasteiger partial charge >= 0.3 is 0 Å². The van der Waals surface area contributed by atoms with Crippen LogP contribution in [0.4, 0.5) is 0 Å². The lowest BCUT2D eigenvalue weighted by atomic mass is 9.90. The highest BCUT2D eigenvalue weighted by atomic mass is 16.1. The van der Waals surface area contributed by atoms with Crippen LogP contribution >= 0.6 is 0 Å². The van der Waals surface area contributed by atoms with Crippen molar-refractivity contribution in [3.05, 3.63) is 46.5 Å². The maximum absolute atomic E-state index is 13.0. The van der Waals surface area contributed by atoms with Gasteiger partial charge in [-0.15, -0.1) is 10.2 Å². The molecule has 0 aliphatic heterocycles. The van der Waals surface area contributed by atoms with Crippen LogP contribution in [-0.4, -0.2) is 20.5 Å². The summed E-state index contributed by atoms with van der Waals surface area (Å²) in [6.45, 7) is 13.3. The van der Waals surface area contributed by atoms with Gasteiger partial charge in [0.25, 0.3) is 0 Å². The minimum absolute atomic E-state index is 0.174. The van der Waals surface area contributed by atoms with Crippen molar-refractivity contribution in [1.82, 2.24) is 14.8 Å². The maximum Gasteiger partial charge on any atom is 0.138 e. The van der Waals surface area contributed by atoms with Crippen LogP contribution in [0.15, 0.2) is 18.2 Å². The quantitative estimate of drug-likeness (QED) is 0.405. The Bertz CT molecular complexity index is 886. The molecule has 1 aromatic heterocycles. The standard InChI is InChI=1S/C27H41N3O/c1-7-9-22(18-24(31)17-21-12-11-19(2)16-20(21)3)26-29-28-25(30(26)23-13-14-23)10-8-15-27(4,5)6/h11-12,16,22-23H,7-10,13-15,17-18H2,1-6H3/t22-/m0/s1. The normalized spacial score (nSPS) is 15.3. The first-order valence-corrected chi connectivity index (χ1v) is 12.2. The molecule has 3 rings (SSSR count). The highest BCUT2D eigenvalue weighted by molar-refractivity contribution is 5.82. The van der Waals surface area contributed by atoms with Crippen molar-refractivity contribution in [3.8, 4) is 0 Å². The second-order valence-electron chi connectivity index (χ2n) is 10.8. The van der Waals surface area contributed by atoms with E-state index in [9.17, 15) is 4.79 Å². The number of hydrogen-bond acceptors (Lipinski definition) is 3. The summed E-state index contributed by atoms with van der Waals surface area (Å²) in [5.41, 5.74) is 3.95. The molecule has 31 heavy (non-hydrogen) atoms. The summed E-state index contributed by atoms with van der Waals surface area (Å²) in [6.07, 6.45) is 8.86. The second-order valence-corrected chi connectivity index (χ2v) is 10.8. The van der Waals surface area contributed by atoms with Gasteiger partial charge in [0.1, 0.15) is 17.4 Å². The van der Waals surface area contributed by atoms with Gasteiger partial charge in [0, 0.05) is 31.2 Å². The Morgan fingerprint density at radius 3 is 2.55 bits per heavy atom. The van der Waals surface area contributed by atoms with Crippen molar-refractivity contribution in [1.29, 1.82) is 0 Å². The molecule has 4 nitrogen and oxygen atoms in total. The van der Waals surface area contributed by atoms with Gasteiger partial charge in [-0.05, 0) is 62.5 Å². The maximum atomic E-state index is 13.0. The number of aromatic nitrogens is 3. The SMILES string of the molecule is CCC[C@@H](CC(=O)Cc1ccc(C)cc1C)c1nnc(CCCC(C)(C)C)n1C1CC1. The topological polar surface area (TPSA) is 47.8 Å². The predicted molar refractivity (Wildman–Crippen MR) is 128 cm³/mol. The molecule has 0 N–H and O–H groups in total. The Balaban J connectivity index is 1.73. The molecule has 4 heteroatoms. The highest BCUT2D eigenvalue weighted by Gasteiger charge is 2.32. The molecule has 170 valence electrons. The molecule has 0 bridgehead atoms. The van der Waals surface area contributed by atoms with Gasteiger partial charge in [-0.25, -0.2) is 0 Å². The van der Waals surface area contributed by atoms with Crippen molar-refractivity contribution in [3.63, 3.8) is 0 Å². The van der Waals surface area contributed by atoms with Gasteiger partial charge in [-0.1, -0.05) is 57.9 Å². The molecule has 1 heterocycles. The van der Waals surface area contributed by atoms with Crippen LogP contribution in [-0.2, 0) is 17.6 Å². The van der Waals surface area contributed by atoms with E-state index in [0.717, 1.165) is 42.9 Å². The van der Waals surface area contributed by atoms with E-state index >= 15 is 0 Å². The second kappa shape index (κ2) is 10.1. The molecule has 1 fully saturated rings. The van der Waals surface area contributed by atoms with E-state index in [-0.39, 0.29) is 5.92 Å². The number of rotatable bonds is 11. The number of hydrogen-bond donors (Lipinski definition) is 0. The molecule has 1 atom stereocenters. The average Bonchev–Trinajstić information content (AvgIpc) is 3.42. The van der Waals surface area contributed by atoms with Crippen molar-refractivity contribution in [2.45, 2.75) is 111 Å². The zero-order chi connectivity index (χ0) is 22.6. The lowest BCUT2D eigenvalue weighted by molar-refractivity contribution is -0.118. The molecule has 0 saturated heterocycles. The van der Waals surface area contributed by atoms with Crippen LogP contribution in [0.5, 0.6) is 0 Å². The van der Waals surface area contributed by atoms with Gasteiger partial charge in [-0.2, -0.15) is 0 Å². The molecule has 0 radical (unpaired) electrons. The van der Waals surface area contributed by atoms with Crippen LogP contribution < -0.4 is 0 Å². The molecule has 1 saturated carbocycles. The predicted octanol–water partition coefficient (Wildman–Crippen LogP) is 6.68. The van der Waals surface area contributed by atoms with E-state index in [1.165, 1.54) is 30.4 Å². The van der Waals surface area contributed by atoms with Crippen LogP contribution in [0.25, 0.3) is 0 Å². The van der Waals surface area contributed by atoms with E-state index in [0.29, 0.717) is 30.1 Å². The van der Waals surface area contributed by atoms with Gasteiger partial charge in [-0.3, -0.25) is 4.79 Å². The Morgan fingerprint density at radius 2 is 1.94 bits per heavy atom. The average molecular weight is 424 g/mol. The van der Waals surface area contributed by atoms with Gasteiger partial charge in [0.2, 0.25) is 0 Å². The minimum atomic E-state index is 0.174. The van der Waals surface area contributed by atoms with Gasteiger partial charge in [0.05, 0.1) is 0 Å². The van der Waals surface area contributed by atoms with Gasteiger partial charge in [0.15, 0.2) is 0 Å². The minimum Gasteiger partial charge on any atom is -0.312 e. The summed E-state index contributed by atoms with van der Waals surface area (Å²) in [5.74, 6) is 2.67. The van der Waals surface area contributed by atoms with Crippen LogP contribution in [0.2, 0.25) is 0 Å². The fraction of sp³-hybridized carbons (Fsp3) is 0.667. The van der Waals surface area contributed by atoms with Crippen molar-refractivity contribution < 1.29 is 4.79 Å². The smallest absolute Gasteiger partial charge is 0.138 e. The third kappa shape index (κ3) is 6.75. The summed E-state index contributed by atoms with van der Waals surface area (Å²) in [6, 6.07) is 6.92. The molecule has 0 amide bonds. The zero-order valence-corrected chi connectivity index (χ0v) is 20.5. The van der Waals surface area contributed by atoms with Crippen LogP contribution in [0.1, 0.15) is 113 Å². The van der Waals surface area contributed by atoms with Crippen molar-refractivity contribution in [2.75, 3.05) is 0 Å². The van der Waals surface area contributed by atoms with E-state index in [2.05, 4.69) is 74.5 Å². The fourth-order valence-electron chi connectivity index (χ4n) is 4.57. The third-order valence-electron chi connectivity index (χ3n) is 6.39. The third-order valence-corrected chi connectivity index (χ3v) is 6.39. The molecule has 0 unspecified atom stereocenters. The Kier molecular flexibility index (Phi) is 7.72. The van der Waals surface area contributed by atoms with Crippen molar-refractivity contribution >= 4 is 5.78 Å². The fourth-order valence-corrected chi connectivity index (χ4v) is 4.57. The summed E-state index contributed by atoms with van der Waals surface area (Å²) in [4.78, 5) is 13.0. The van der Waals surface area contributed by atoms with Crippen molar-refractivity contribution in [2.24, 2.45) is 5.41 Å². The van der Waals surface area contributed by atoms with Crippen LogP contribution in [0.3, 0.4) is 0 Å². The molecular formula is C27H41N3O. The lowest BCUT2D eigenvalue weighted by Gasteiger charge is -2.19. The number of ketones is 1. The van der Waals surface area contributed by atoms with E-state index in [1.807, 2.05) is 0 Å². The molecule has 0 spiro atoms. The largest absolute Gasteiger partial charge is 0.312 e. The lowest BCUT2D eigenvalue weighted by Crippen LogP contribution is -2.16. The molecular weight excluding hydrogens is 382 g/mol. The summed E-state index contributed by atoms with van der Waals surface area (Å²) in [5, 5.41) is 9.28. The number of aryl methyl sites for hydroxylation is 3. The Labute approximate surface area is 188 Å². The summed E-state index contributed by atoms with van der Waals surface area (Å²) in [7, 11) is 0. The van der Waals surface area contributed by atoms with E-state index in [4.69, 9.17) is 0 Å². The monoisotopic (exact) mass is 423 g/mol. The number of benzene rings is 1. The first kappa shape index (κ1) is 23.7. The first-order chi connectivity index (χ1) is 14.7. The van der Waals surface area contributed by atoms with E-state index < -0.39 is 0 Å². The molecule has 2 aromatic rings. The van der Waals surface area contributed by atoms with E-state index in [1.54, 1.807) is 0 Å². The number of nitrogens with zero attached hydrogens (tertiary/aromatic N) is 3. The number of Topliss-reactive ketones (excluding diaryl/α,β-unsaturated/α-hetero) is 1. The number of carbonyl (C=O) groups is 1. The highest BCUT2D eigenvalue weighted by Crippen LogP contribution is 2.40. The Morgan fingerprint density at radius 1 is 1.19 bits per heavy atom. The Hall–Kier alpha value is -1.97. The molecule has 1 aromatic carbocycles. The molecule has 1 aliphatic carbocycles. The van der Waals surface area contributed by atoms with Crippen LogP contribution in [0, 0.1) is 19.3 Å². The summed E-state index contributed by atoms with van der Waals surface area (Å²) >= 11 is 0. The zero-order valence-electron chi connectivity index (χ0n) is 20.5. The van der Waals surface area contributed by atoms with Gasteiger partial charge < -0.3 is 4.57 Å². The number of carbonyl (C=O) groups excluding carboxylic acids is 1.